The summed E-state index contributed by atoms with van der Waals surface area (Å²) in [6.45, 7) is 21.3. The summed E-state index contributed by atoms with van der Waals surface area (Å²) in [5.74, 6) is 4.50. The van der Waals surface area contributed by atoms with Gasteiger partial charge in [0, 0.05) is 16.9 Å². The molecule has 8 aromatic rings. The quantitative estimate of drug-likeness (QED) is 0.111. The molecule has 0 N–H and O–H groups in total. The second-order valence-electron chi connectivity index (χ2n) is 30.0. The molecule has 0 spiro atoms. The normalized spacial score (nSPS) is 21.8. The van der Waals surface area contributed by atoms with Crippen molar-refractivity contribution in [1.82, 2.24) is 0 Å². The number of hydrogen-bond donors (Lipinski definition) is 0. The largest absolute Gasteiger partial charge is 0.310 e. The van der Waals surface area contributed by atoms with Crippen LogP contribution in [0.5, 0.6) is 0 Å². The lowest BCUT2D eigenvalue weighted by Crippen LogP contribution is -2.29. The standard InChI is InChI=1S/C87H105N/c1-10-61-26-20-34-64(35-21-27-61)69-58-79(66-36-22-28-62(11-2)29-23-37-66)84(80(59-69)67-38-24-30-63(12-3)31-25-39-67)68-44-54-74(55-45-68)88(83-43-19-17-40-76(83)65-32-14-13-15-33-65)75-56-57-78-77-41-16-18-42-81(77)87(82(78)60-75,72-50-46-70(47-51-72)85(4,5)6)73-52-48-71(49-53-73)86(7,8)9/h13-19,32-33,40-64,66-67H,10-12,20-31,34-39H2,1-9H3. The highest BCUT2D eigenvalue weighted by molar-refractivity contribution is 5.93. The fourth-order valence-corrected chi connectivity index (χ4v) is 17.3. The molecule has 0 aliphatic heterocycles. The highest BCUT2D eigenvalue weighted by Gasteiger charge is 2.47. The summed E-state index contributed by atoms with van der Waals surface area (Å²) in [4.78, 5) is 2.60. The molecule has 1 nitrogen and oxygen atoms in total. The molecule has 3 saturated carbocycles. The van der Waals surface area contributed by atoms with Gasteiger partial charge in [-0.15, -0.1) is 0 Å². The van der Waals surface area contributed by atoms with Crippen LogP contribution in [-0.2, 0) is 16.2 Å². The van der Waals surface area contributed by atoms with Crippen molar-refractivity contribution >= 4 is 17.1 Å². The van der Waals surface area contributed by atoms with Crippen LogP contribution in [0, 0.1) is 17.8 Å². The monoisotopic (exact) mass is 1160 g/mol. The molecule has 0 aromatic heterocycles. The van der Waals surface area contributed by atoms with Crippen LogP contribution < -0.4 is 4.90 Å². The summed E-state index contributed by atoms with van der Waals surface area (Å²) in [7, 11) is 0. The molecule has 4 aliphatic carbocycles. The number of anilines is 3. The first-order valence-corrected chi connectivity index (χ1v) is 35.5. The van der Waals surface area contributed by atoms with Crippen molar-refractivity contribution in [3.63, 3.8) is 0 Å². The molecule has 0 amide bonds. The zero-order valence-electron chi connectivity index (χ0n) is 55.6. The zero-order valence-corrected chi connectivity index (χ0v) is 55.6. The number of benzene rings is 8. The predicted octanol–water partition coefficient (Wildman–Crippen LogP) is 25.8. The molecule has 0 heterocycles. The third-order valence-electron chi connectivity index (χ3n) is 22.6. The first kappa shape index (κ1) is 61.8. The molecule has 3 fully saturated rings. The van der Waals surface area contributed by atoms with Crippen molar-refractivity contribution in [2.24, 2.45) is 17.8 Å². The third-order valence-corrected chi connectivity index (χ3v) is 22.6. The Balaban J connectivity index is 1.05. The molecule has 0 atom stereocenters. The number of hydrogen-bond acceptors (Lipinski definition) is 1. The molecule has 8 aromatic carbocycles. The lowest BCUT2D eigenvalue weighted by Gasteiger charge is -2.36. The average Bonchev–Trinajstić information content (AvgIpc) is 1.52. The van der Waals surface area contributed by atoms with E-state index in [1.807, 2.05) is 0 Å². The van der Waals surface area contributed by atoms with E-state index in [2.05, 4.69) is 249 Å². The minimum Gasteiger partial charge on any atom is -0.310 e. The minimum atomic E-state index is -0.570. The van der Waals surface area contributed by atoms with Crippen molar-refractivity contribution in [2.75, 3.05) is 4.90 Å². The zero-order chi connectivity index (χ0) is 61.0. The van der Waals surface area contributed by atoms with Crippen LogP contribution in [-0.4, -0.2) is 0 Å². The van der Waals surface area contributed by atoms with Gasteiger partial charge in [0.2, 0.25) is 0 Å². The highest BCUT2D eigenvalue weighted by Crippen LogP contribution is 2.58. The molecule has 458 valence electrons. The maximum atomic E-state index is 2.85. The van der Waals surface area contributed by atoms with Crippen molar-refractivity contribution in [3.05, 3.63) is 232 Å². The van der Waals surface area contributed by atoms with Gasteiger partial charge in [0.1, 0.15) is 0 Å². The maximum absolute atomic E-state index is 2.85. The summed E-state index contributed by atoms with van der Waals surface area (Å²) in [6.07, 6.45) is 28.4. The SMILES string of the molecule is CCC1CCCC(c2cc(C3CCCC(CC)CCC3)c(-c3ccc(N(c4ccc5c(c4)C(c4ccc(C(C)(C)C)cc4)(c4ccc(C(C)(C)C)cc4)c4ccccc4-5)c4ccccc4-c4ccccc4)cc3)c(C3CCCC(CC)CCC3)c2)CCC1. The Morgan fingerprint density at radius 3 is 1.26 bits per heavy atom. The Hall–Kier alpha value is -6.44. The van der Waals surface area contributed by atoms with Crippen molar-refractivity contribution in [2.45, 2.75) is 231 Å². The van der Waals surface area contributed by atoms with Gasteiger partial charge >= 0.3 is 0 Å². The second-order valence-corrected chi connectivity index (χ2v) is 30.0. The number of para-hydroxylation sites is 1. The van der Waals surface area contributed by atoms with Crippen LogP contribution in [0.4, 0.5) is 17.1 Å². The van der Waals surface area contributed by atoms with E-state index in [0.717, 1.165) is 17.8 Å². The van der Waals surface area contributed by atoms with Crippen LogP contribution >= 0.6 is 0 Å². The first-order valence-electron chi connectivity index (χ1n) is 35.5. The number of rotatable bonds is 13. The second kappa shape index (κ2) is 26.9. The van der Waals surface area contributed by atoms with Gasteiger partial charge in [-0.1, -0.05) is 310 Å². The number of fused-ring (bicyclic) bond motifs is 3. The summed E-state index contributed by atoms with van der Waals surface area (Å²) >= 11 is 0. The van der Waals surface area contributed by atoms with Crippen LogP contribution in [0.15, 0.2) is 182 Å². The summed E-state index contributed by atoms with van der Waals surface area (Å²) < 4.78 is 0. The fraction of sp³-hybridized carbons (Fsp3) is 0.448. The van der Waals surface area contributed by atoms with E-state index < -0.39 is 5.41 Å². The van der Waals surface area contributed by atoms with E-state index in [-0.39, 0.29) is 10.8 Å². The Bertz CT molecular complexity index is 3450. The molecule has 12 rings (SSSR count). The minimum absolute atomic E-state index is 0.0281. The van der Waals surface area contributed by atoms with E-state index in [0.29, 0.717) is 17.8 Å². The first-order chi connectivity index (χ1) is 42.8. The van der Waals surface area contributed by atoms with Gasteiger partial charge in [0.15, 0.2) is 0 Å². The topological polar surface area (TPSA) is 3.24 Å². The Labute approximate surface area is 533 Å². The molecular formula is C87H105N. The predicted molar refractivity (Wildman–Crippen MR) is 379 cm³/mol. The van der Waals surface area contributed by atoms with Gasteiger partial charge in [-0.05, 0) is 193 Å². The van der Waals surface area contributed by atoms with E-state index in [4.69, 9.17) is 0 Å². The van der Waals surface area contributed by atoms with E-state index in [9.17, 15) is 0 Å². The van der Waals surface area contributed by atoms with Gasteiger partial charge in [-0.25, -0.2) is 0 Å². The Kier molecular flexibility index (Phi) is 18.9. The Morgan fingerprint density at radius 1 is 0.364 bits per heavy atom. The van der Waals surface area contributed by atoms with E-state index in [1.54, 1.807) is 22.3 Å². The van der Waals surface area contributed by atoms with Crippen molar-refractivity contribution < 1.29 is 0 Å². The van der Waals surface area contributed by atoms with Crippen LogP contribution in [0.25, 0.3) is 33.4 Å². The third kappa shape index (κ3) is 12.7. The van der Waals surface area contributed by atoms with Crippen LogP contribution in [0.2, 0.25) is 0 Å². The lowest BCUT2D eigenvalue weighted by molar-refractivity contribution is 0.344. The van der Waals surface area contributed by atoms with Gasteiger partial charge in [-0.3, -0.25) is 0 Å². The highest BCUT2D eigenvalue weighted by atomic mass is 15.1. The molecule has 0 saturated heterocycles. The molecular weight excluding hydrogens is 1060 g/mol. The molecule has 0 unspecified atom stereocenters. The molecule has 0 bridgehead atoms. The average molecular weight is 1160 g/mol. The molecule has 4 aliphatic rings. The van der Waals surface area contributed by atoms with Crippen LogP contribution in [0.1, 0.15) is 265 Å². The molecule has 0 radical (unpaired) electrons. The summed E-state index contributed by atoms with van der Waals surface area (Å²) in [5, 5.41) is 0. The Morgan fingerprint density at radius 2 is 0.784 bits per heavy atom. The molecule has 88 heavy (non-hydrogen) atoms. The van der Waals surface area contributed by atoms with Gasteiger partial charge in [0.25, 0.3) is 0 Å². The molecule has 1 heteroatoms. The van der Waals surface area contributed by atoms with Crippen LogP contribution in [0.3, 0.4) is 0 Å². The van der Waals surface area contributed by atoms with Crippen molar-refractivity contribution in [1.29, 1.82) is 0 Å². The van der Waals surface area contributed by atoms with Gasteiger partial charge in [0.05, 0.1) is 11.1 Å². The van der Waals surface area contributed by atoms with E-state index >= 15 is 0 Å². The fourth-order valence-electron chi connectivity index (χ4n) is 17.3. The van der Waals surface area contributed by atoms with Gasteiger partial charge in [-0.2, -0.15) is 0 Å². The van der Waals surface area contributed by atoms with E-state index in [1.165, 1.54) is 213 Å². The maximum Gasteiger partial charge on any atom is 0.0714 e. The van der Waals surface area contributed by atoms with Gasteiger partial charge < -0.3 is 4.90 Å². The van der Waals surface area contributed by atoms with Crippen molar-refractivity contribution in [3.8, 4) is 33.4 Å². The lowest BCUT2D eigenvalue weighted by atomic mass is 9.67. The summed E-state index contributed by atoms with van der Waals surface area (Å²) in [5.41, 5.74) is 24.2. The summed E-state index contributed by atoms with van der Waals surface area (Å²) in [6, 6.07) is 72.3. The smallest absolute Gasteiger partial charge is 0.0714 e. The number of nitrogens with zero attached hydrogens (tertiary/aromatic N) is 1.